The summed E-state index contributed by atoms with van der Waals surface area (Å²) >= 11 is 5.81. The van der Waals surface area contributed by atoms with E-state index in [1.807, 2.05) is 13.8 Å². The lowest BCUT2D eigenvalue weighted by atomic mass is 10.2. The smallest absolute Gasteiger partial charge is 0.332 e. The maximum Gasteiger partial charge on any atom is 0.332 e. The van der Waals surface area contributed by atoms with Crippen molar-refractivity contribution in [3.8, 4) is 5.75 Å². The summed E-state index contributed by atoms with van der Waals surface area (Å²) in [5.74, 6) is -0.877. The molecular weight excluding hydrogens is 360 g/mol. The Morgan fingerprint density at radius 1 is 1.19 bits per heavy atom. The zero-order valence-electron chi connectivity index (χ0n) is 14.6. The first-order chi connectivity index (χ1) is 12.3. The molecule has 140 valence electrons. The number of nitrogens with zero attached hydrogens (tertiary/aromatic N) is 2. The Hall–Kier alpha value is -2.74. The Labute approximate surface area is 154 Å². The predicted octanol–water partition coefficient (Wildman–Crippen LogP) is 2.02. The molecule has 0 aliphatic carbocycles. The minimum absolute atomic E-state index is 0.00460. The molecule has 0 aliphatic heterocycles. The van der Waals surface area contributed by atoms with E-state index in [4.69, 9.17) is 17.3 Å². The molecular formula is C17H21ClN4O4. The van der Waals surface area contributed by atoms with Crippen molar-refractivity contribution in [2.45, 2.75) is 39.8 Å². The zero-order valence-corrected chi connectivity index (χ0v) is 15.3. The van der Waals surface area contributed by atoms with Gasteiger partial charge in [0.2, 0.25) is 0 Å². The molecule has 1 aromatic heterocycles. The van der Waals surface area contributed by atoms with Gasteiger partial charge in [0.1, 0.15) is 17.3 Å². The summed E-state index contributed by atoms with van der Waals surface area (Å²) < 4.78 is 2.34. The third-order valence-corrected chi connectivity index (χ3v) is 4.11. The number of hydrogen-bond donors (Lipinski definition) is 3. The molecule has 0 bridgehead atoms. The second kappa shape index (κ2) is 8.09. The zero-order chi connectivity index (χ0) is 19.4. The van der Waals surface area contributed by atoms with Crippen molar-refractivity contribution in [2.75, 3.05) is 11.1 Å². The van der Waals surface area contributed by atoms with Gasteiger partial charge in [0.25, 0.3) is 11.5 Å². The lowest BCUT2D eigenvalue weighted by Crippen LogP contribution is -2.42. The lowest BCUT2D eigenvalue weighted by Gasteiger charge is -2.16. The van der Waals surface area contributed by atoms with Gasteiger partial charge < -0.3 is 16.2 Å². The van der Waals surface area contributed by atoms with E-state index in [1.165, 1.54) is 22.8 Å². The number of hydrogen-bond acceptors (Lipinski definition) is 5. The van der Waals surface area contributed by atoms with Crippen LogP contribution in [0.25, 0.3) is 0 Å². The van der Waals surface area contributed by atoms with Crippen molar-refractivity contribution in [2.24, 2.45) is 0 Å². The Kier molecular flexibility index (Phi) is 6.10. The first-order valence-corrected chi connectivity index (χ1v) is 8.62. The number of benzene rings is 1. The molecule has 0 fully saturated rings. The van der Waals surface area contributed by atoms with Gasteiger partial charge in [0, 0.05) is 18.7 Å². The molecule has 2 rings (SSSR count). The second-order valence-electron chi connectivity index (χ2n) is 5.77. The van der Waals surface area contributed by atoms with Crippen LogP contribution >= 0.6 is 11.6 Å². The number of amides is 1. The van der Waals surface area contributed by atoms with Crippen LogP contribution < -0.4 is 22.3 Å². The average Bonchev–Trinajstić information content (AvgIpc) is 2.61. The molecule has 0 saturated heterocycles. The van der Waals surface area contributed by atoms with Gasteiger partial charge in [-0.1, -0.05) is 25.4 Å². The largest absolute Gasteiger partial charge is 0.506 e. The number of phenolic OH excluding ortho intramolecular Hbond substituents is 1. The highest BCUT2D eigenvalue weighted by Gasteiger charge is 2.19. The first kappa shape index (κ1) is 19.6. The van der Waals surface area contributed by atoms with Crippen molar-refractivity contribution in [1.82, 2.24) is 9.13 Å². The van der Waals surface area contributed by atoms with Crippen LogP contribution in [-0.4, -0.2) is 20.1 Å². The Balaban J connectivity index is 2.54. The van der Waals surface area contributed by atoms with Crippen LogP contribution in [-0.2, 0) is 13.1 Å². The molecule has 0 atom stereocenters. The van der Waals surface area contributed by atoms with Gasteiger partial charge in [-0.2, -0.15) is 0 Å². The van der Waals surface area contributed by atoms with E-state index in [9.17, 15) is 19.5 Å². The Morgan fingerprint density at radius 2 is 1.81 bits per heavy atom. The van der Waals surface area contributed by atoms with Crippen LogP contribution in [0, 0.1) is 0 Å². The molecule has 2 aromatic rings. The Morgan fingerprint density at radius 3 is 2.38 bits per heavy atom. The quantitative estimate of drug-likeness (QED) is 0.708. The fourth-order valence-corrected chi connectivity index (χ4v) is 2.71. The summed E-state index contributed by atoms with van der Waals surface area (Å²) in [5, 5.41) is 11.9. The molecule has 0 radical (unpaired) electrons. The predicted molar refractivity (Wildman–Crippen MR) is 101 cm³/mol. The highest BCUT2D eigenvalue weighted by Crippen LogP contribution is 2.24. The van der Waals surface area contributed by atoms with Gasteiger partial charge in [-0.25, -0.2) is 4.79 Å². The molecule has 9 heteroatoms. The van der Waals surface area contributed by atoms with E-state index in [-0.39, 0.29) is 34.4 Å². The minimum atomic E-state index is -0.653. The SMILES string of the molecule is CCCn1c(N)c(NC(=O)c2ccc(O)c(Cl)c2)c(=O)n(CCC)c1=O. The number of nitrogen functional groups attached to an aromatic ring is 1. The number of halogens is 1. The van der Waals surface area contributed by atoms with E-state index < -0.39 is 17.2 Å². The van der Waals surface area contributed by atoms with Gasteiger partial charge in [0.15, 0.2) is 0 Å². The van der Waals surface area contributed by atoms with Gasteiger partial charge in [-0.05, 0) is 31.0 Å². The molecule has 0 unspecified atom stereocenters. The van der Waals surface area contributed by atoms with Crippen LogP contribution in [0.5, 0.6) is 5.75 Å². The third-order valence-electron chi connectivity index (χ3n) is 3.81. The van der Waals surface area contributed by atoms with Crippen LogP contribution in [0.1, 0.15) is 37.0 Å². The van der Waals surface area contributed by atoms with Crippen LogP contribution in [0.15, 0.2) is 27.8 Å². The van der Waals surface area contributed by atoms with Crippen molar-refractivity contribution >= 4 is 29.0 Å². The van der Waals surface area contributed by atoms with E-state index >= 15 is 0 Å². The summed E-state index contributed by atoms with van der Waals surface area (Å²) in [7, 11) is 0. The van der Waals surface area contributed by atoms with Crippen molar-refractivity contribution in [1.29, 1.82) is 0 Å². The number of nitrogens with one attached hydrogen (secondary N) is 1. The highest BCUT2D eigenvalue weighted by molar-refractivity contribution is 6.32. The van der Waals surface area contributed by atoms with Crippen molar-refractivity contribution in [3.63, 3.8) is 0 Å². The summed E-state index contributed by atoms with van der Waals surface area (Å²) in [6.07, 6.45) is 1.21. The fraction of sp³-hybridized carbons (Fsp3) is 0.353. The number of carbonyl (C=O) groups excluding carboxylic acids is 1. The monoisotopic (exact) mass is 380 g/mol. The van der Waals surface area contributed by atoms with Crippen LogP contribution in [0.4, 0.5) is 11.5 Å². The van der Waals surface area contributed by atoms with Crippen molar-refractivity contribution < 1.29 is 9.90 Å². The van der Waals surface area contributed by atoms with E-state index in [2.05, 4.69) is 5.32 Å². The highest BCUT2D eigenvalue weighted by atomic mass is 35.5. The minimum Gasteiger partial charge on any atom is -0.506 e. The maximum atomic E-state index is 12.6. The van der Waals surface area contributed by atoms with E-state index in [1.54, 1.807) is 0 Å². The molecule has 8 nitrogen and oxygen atoms in total. The number of phenols is 1. The molecule has 0 spiro atoms. The fourth-order valence-electron chi connectivity index (χ4n) is 2.53. The molecule has 0 saturated carbocycles. The van der Waals surface area contributed by atoms with Gasteiger partial charge >= 0.3 is 5.69 Å². The molecule has 1 heterocycles. The van der Waals surface area contributed by atoms with Crippen LogP contribution in [0.2, 0.25) is 5.02 Å². The summed E-state index contributed by atoms with van der Waals surface area (Å²) in [6, 6.07) is 3.91. The number of aromatic hydroxyl groups is 1. The topological polar surface area (TPSA) is 119 Å². The van der Waals surface area contributed by atoms with Crippen LogP contribution in [0.3, 0.4) is 0 Å². The lowest BCUT2D eigenvalue weighted by molar-refractivity contribution is 0.102. The Bertz CT molecular complexity index is 949. The van der Waals surface area contributed by atoms with Gasteiger partial charge in [-0.3, -0.25) is 18.7 Å². The summed E-state index contributed by atoms with van der Waals surface area (Å²) in [5.41, 5.74) is 4.82. The number of aromatic nitrogens is 2. The third kappa shape index (κ3) is 3.75. The number of anilines is 2. The van der Waals surface area contributed by atoms with E-state index in [0.717, 1.165) is 4.57 Å². The van der Waals surface area contributed by atoms with E-state index in [0.29, 0.717) is 19.4 Å². The summed E-state index contributed by atoms with van der Waals surface area (Å²) in [4.78, 5) is 37.6. The summed E-state index contributed by atoms with van der Waals surface area (Å²) in [6.45, 7) is 4.25. The van der Waals surface area contributed by atoms with Crippen molar-refractivity contribution in [3.05, 3.63) is 49.6 Å². The average molecular weight is 381 g/mol. The second-order valence-corrected chi connectivity index (χ2v) is 6.18. The molecule has 0 aliphatic rings. The molecule has 26 heavy (non-hydrogen) atoms. The first-order valence-electron chi connectivity index (χ1n) is 8.24. The molecule has 1 aromatic carbocycles. The molecule has 1 amide bonds. The van der Waals surface area contributed by atoms with Gasteiger partial charge in [0.05, 0.1) is 5.02 Å². The normalized spacial score (nSPS) is 10.7. The van der Waals surface area contributed by atoms with Gasteiger partial charge in [-0.15, -0.1) is 0 Å². The maximum absolute atomic E-state index is 12.6. The number of carbonyl (C=O) groups is 1. The standard InChI is InChI=1S/C17H21ClN4O4/c1-3-7-21-14(19)13(16(25)22(8-4-2)17(21)26)20-15(24)10-5-6-12(23)11(18)9-10/h5-6,9,23H,3-4,7-8,19H2,1-2H3,(H,20,24). The number of nitrogens with two attached hydrogens (primary N) is 1. The molecule has 4 N–H and O–H groups in total. The number of rotatable bonds is 6.